The van der Waals surface area contributed by atoms with Crippen molar-refractivity contribution in [2.24, 2.45) is 0 Å². The summed E-state index contributed by atoms with van der Waals surface area (Å²) >= 11 is 0. The smallest absolute Gasteiger partial charge is 0.162 e. The molecule has 1 N–H and O–H groups in total. The van der Waals surface area contributed by atoms with E-state index >= 15 is 0 Å². The van der Waals surface area contributed by atoms with Crippen LogP contribution in [0.1, 0.15) is 30.0 Å². The average Bonchev–Trinajstić information content (AvgIpc) is 2.84. The normalized spacial score (nSPS) is 12.4. The fourth-order valence-corrected chi connectivity index (χ4v) is 1.76. The van der Waals surface area contributed by atoms with E-state index < -0.39 is 11.9 Å². The Hall–Kier alpha value is -1.92. The molecule has 5 nitrogen and oxygen atoms in total. The van der Waals surface area contributed by atoms with Gasteiger partial charge >= 0.3 is 0 Å². The highest BCUT2D eigenvalue weighted by Gasteiger charge is 2.12. The summed E-state index contributed by atoms with van der Waals surface area (Å²) in [5.74, 6) is 0.446. The first-order chi connectivity index (χ1) is 9.60. The van der Waals surface area contributed by atoms with Crippen molar-refractivity contribution in [2.45, 2.75) is 26.2 Å². The van der Waals surface area contributed by atoms with Crippen molar-refractivity contribution in [1.29, 1.82) is 0 Å². The maximum absolute atomic E-state index is 13.2. The first kappa shape index (κ1) is 14.5. The second-order valence-electron chi connectivity index (χ2n) is 4.36. The molecule has 0 fully saturated rings. The number of aliphatic hydroxyl groups is 1. The van der Waals surface area contributed by atoms with Crippen LogP contribution >= 0.6 is 0 Å². The van der Waals surface area contributed by atoms with Gasteiger partial charge in [0.25, 0.3) is 0 Å². The van der Waals surface area contributed by atoms with Gasteiger partial charge in [-0.3, -0.25) is 0 Å². The van der Waals surface area contributed by atoms with Gasteiger partial charge in [0.05, 0.1) is 6.10 Å². The lowest BCUT2D eigenvalue weighted by Crippen LogP contribution is -2.01. The van der Waals surface area contributed by atoms with E-state index in [-0.39, 0.29) is 12.4 Å². The Morgan fingerprint density at radius 1 is 1.35 bits per heavy atom. The van der Waals surface area contributed by atoms with Crippen molar-refractivity contribution in [3.05, 3.63) is 47.1 Å². The predicted octanol–water partition coefficient (Wildman–Crippen LogP) is 2.59. The van der Waals surface area contributed by atoms with Crippen LogP contribution in [-0.4, -0.2) is 17.4 Å². The number of benzene rings is 1. The molecule has 6 heteroatoms. The van der Waals surface area contributed by atoms with E-state index in [1.165, 1.54) is 18.2 Å². The molecule has 0 aliphatic heterocycles. The number of aromatic nitrogens is 1. The van der Waals surface area contributed by atoms with Gasteiger partial charge in [0.15, 0.2) is 5.76 Å². The van der Waals surface area contributed by atoms with Gasteiger partial charge in [-0.25, -0.2) is 4.39 Å². The highest BCUT2D eigenvalue weighted by molar-refractivity contribution is 5.35. The minimum Gasteiger partial charge on any atom is -0.487 e. The molecule has 0 spiro atoms. The molecule has 2 aromatic rings. The zero-order chi connectivity index (χ0) is 14.5. The minimum atomic E-state index is -0.744. The van der Waals surface area contributed by atoms with Crippen LogP contribution in [-0.2, 0) is 18.0 Å². The number of nitrogens with zero attached hydrogens (tertiary/aromatic N) is 1. The number of aliphatic hydroxyl groups excluding tert-OH is 1. The van der Waals surface area contributed by atoms with Gasteiger partial charge in [-0.2, -0.15) is 0 Å². The molecule has 1 heterocycles. The van der Waals surface area contributed by atoms with Crippen molar-refractivity contribution in [1.82, 2.24) is 5.16 Å². The molecule has 0 amide bonds. The SMILES string of the molecule is COCc1cc(COc2cc(F)ccc2[C@H](C)O)no1. The maximum Gasteiger partial charge on any atom is 0.162 e. The van der Waals surface area contributed by atoms with E-state index in [4.69, 9.17) is 14.0 Å². The monoisotopic (exact) mass is 281 g/mol. The van der Waals surface area contributed by atoms with Gasteiger partial charge in [-0.15, -0.1) is 0 Å². The molecular weight excluding hydrogens is 265 g/mol. The zero-order valence-electron chi connectivity index (χ0n) is 11.3. The molecule has 0 aliphatic carbocycles. The quantitative estimate of drug-likeness (QED) is 0.881. The first-order valence-corrected chi connectivity index (χ1v) is 6.14. The molecule has 0 saturated heterocycles. The summed E-state index contributed by atoms with van der Waals surface area (Å²) in [7, 11) is 1.56. The molecule has 108 valence electrons. The molecule has 0 bridgehead atoms. The number of rotatable bonds is 6. The van der Waals surface area contributed by atoms with Crippen LogP contribution in [0.25, 0.3) is 0 Å². The number of hydrogen-bond donors (Lipinski definition) is 1. The van der Waals surface area contributed by atoms with Crippen molar-refractivity contribution in [2.75, 3.05) is 7.11 Å². The van der Waals surface area contributed by atoms with Crippen molar-refractivity contribution >= 4 is 0 Å². The highest BCUT2D eigenvalue weighted by Crippen LogP contribution is 2.26. The van der Waals surface area contributed by atoms with E-state index in [0.29, 0.717) is 23.6 Å². The Labute approximate surface area is 115 Å². The van der Waals surface area contributed by atoms with Crippen LogP contribution in [0.5, 0.6) is 5.75 Å². The van der Waals surface area contributed by atoms with Gasteiger partial charge in [0.2, 0.25) is 0 Å². The summed E-state index contributed by atoms with van der Waals surface area (Å²) < 4.78 is 28.7. The molecule has 0 radical (unpaired) electrons. The molecule has 1 aromatic heterocycles. The van der Waals surface area contributed by atoms with E-state index in [0.717, 1.165) is 0 Å². The molecule has 1 aromatic carbocycles. The van der Waals surface area contributed by atoms with Crippen LogP contribution in [0.3, 0.4) is 0 Å². The molecule has 2 rings (SSSR count). The minimum absolute atomic E-state index is 0.121. The lowest BCUT2D eigenvalue weighted by molar-refractivity contribution is 0.155. The maximum atomic E-state index is 13.2. The van der Waals surface area contributed by atoms with E-state index in [1.807, 2.05) is 0 Å². The van der Waals surface area contributed by atoms with Crippen molar-refractivity contribution in [3.8, 4) is 5.75 Å². The van der Waals surface area contributed by atoms with Gasteiger partial charge in [0.1, 0.15) is 30.5 Å². The number of halogens is 1. The largest absolute Gasteiger partial charge is 0.487 e. The van der Waals surface area contributed by atoms with Crippen LogP contribution in [0, 0.1) is 5.82 Å². The molecule has 0 saturated carbocycles. The van der Waals surface area contributed by atoms with E-state index in [2.05, 4.69) is 5.16 Å². The molecule has 1 atom stereocenters. The second-order valence-corrected chi connectivity index (χ2v) is 4.36. The Morgan fingerprint density at radius 3 is 2.85 bits per heavy atom. The summed E-state index contributed by atoms with van der Waals surface area (Å²) in [4.78, 5) is 0. The third-order valence-electron chi connectivity index (χ3n) is 2.70. The van der Waals surface area contributed by atoms with Crippen molar-refractivity contribution in [3.63, 3.8) is 0 Å². The standard InChI is InChI=1S/C14H16FNO4/c1-9(17)13-4-3-10(15)5-14(13)19-7-11-6-12(8-18-2)20-16-11/h3-6,9,17H,7-8H2,1-2H3/t9-/m0/s1. The van der Waals surface area contributed by atoms with Gasteiger partial charge in [0, 0.05) is 24.8 Å². The molecule has 0 unspecified atom stereocenters. The average molecular weight is 281 g/mol. The predicted molar refractivity (Wildman–Crippen MR) is 68.6 cm³/mol. The van der Waals surface area contributed by atoms with Crippen LogP contribution in [0.4, 0.5) is 4.39 Å². The summed E-state index contributed by atoms with van der Waals surface area (Å²) in [5, 5.41) is 13.4. The summed E-state index contributed by atoms with van der Waals surface area (Å²) in [6, 6.07) is 5.71. The Bertz CT molecular complexity index is 568. The van der Waals surface area contributed by atoms with Gasteiger partial charge in [-0.1, -0.05) is 5.16 Å². The third-order valence-corrected chi connectivity index (χ3v) is 2.70. The molecule has 0 aliphatic rings. The number of ether oxygens (including phenoxy) is 2. The van der Waals surface area contributed by atoms with Gasteiger partial charge in [-0.05, 0) is 19.1 Å². The summed E-state index contributed by atoms with van der Waals surface area (Å²) in [6.45, 7) is 2.04. The fourth-order valence-electron chi connectivity index (χ4n) is 1.76. The fraction of sp³-hybridized carbons (Fsp3) is 0.357. The lowest BCUT2D eigenvalue weighted by Gasteiger charge is -2.12. The Balaban J connectivity index is 2.07. The van der Waals surface area contributed by atoms with E-state index in [1.54, 1.807) is 20.1 Å². The Morgan fingerprint density at radius 2 is 2.15 bits per heavy atom. The number of methoxy groups -OCH3 is 1. The van der Waals surface area contributed by atoms with Crippen LogP contribution in [0.2, 0.25) is 0 Å². The first-order valence-electron chi connectivity index (χ1n) is 6.14. The van der Waals surface area contributed by atoms with Crippen LogP contribution < -0.4 is 4.74 Å². The topological polar surface area (TPSA) is 64.7 Å². The van der Waals surface area contributed by atoms with Crippen molar-refractivity contribution < 1.29 is 23.5 Å². The zero-order valence-corrected chi connectivity index (χ0v) is 11.3. The second kappa shape index (κ2) is 6.49. The lowest BCUT2D eigenvalue weighted by atomic mass is 10.1. The summed E-state index contributed by atoms with van der Waals surface area (Å²) in [6.07, 6.45) is -0.744. The summed E-state index contributed by atoms with van der Waals surface area (Å²) in [5.41, 5.74) is 1.09. The van der Waals surface area contributed by atoms with Gasteiger partial charge < -0.3 is 19.1 Å². The van der Waals surface area contributed by atoms with Crippen LogP contribution in [0.15, 0.2) is 28.8 Å². The number of hydrogen-bond acceptors (Lipinski definition) is 5. The molecular formula is C14H16FNO4. The molecule has 20 heavy (non-hydrogen) atoms. The van der Waals surface area contributed by atoms with E-state index in [9.17, 15) is 9.50 Å². The Kier molecular flexibility index (Phi) is 4.70. The third kappa shape index (κ3) is 3.55. The highest BCUT2D eigenvalue weighted by atomic mass is 19.1.